The molecule has 1 atom stereocenters. The van der Waals surface area contributed by atoms with E-state index in [4.69, 9.17) is 11.2 Å². The first kappa shape index (κ1) is 15.3. The third-order valence-electron chi connectivity index (χ3n) is 3.31. The van der Waals surface area contributed by atoms with E-state index in [1.54, 1.807) is 13.8 Å². The zero-order valence-corrected chi connectivity index (χ0v) is 12.0. The maximum Gasteiger partial charge on any atom is 0.330 e. The Morgan fingerprint density at radius 3 is 2.63 bits per heavy atom. The van der Waals surface area contributed by atoms with Crippen LogP contribution in [0.4, 0.5) is 0 Å². The molecule has 1 unspecified atom stereocenters. The second kappa shape index (κ2) is 6.40. The minimum atomic E-state index is -0.916. The van der Waals surface area contributed by atoms with Gasteiger partial charge in [0.25, 0.3) is 0 Å². The zero-order chi connectivity index (χ0) is 14.5. The molecule has 0 aliphatic heterocycles. The zero-order valence-electron chi connectivity index (χ0n) is 12.0. The van der Waals surface area contributed by atoms with Crippen molar-refractivity contribution >= 4 is 5.97 Å². The fourth-order valence-electron chi connectivity index (χ4n) is 1.85. The summed E-state index contributed by atoms with van der Waals surface area (Å²) in [6.45, 7) is 8.30. The summed E-state index contributed by atoms with van der Waals surface area (Å²) >= 11 is 0. The number of carbonyl (C=O) groups is 1. The Hall–Kier alpha value is -1.79. The topological polar surface area (TPSA) is 38.3 Å². The van der Waals surface area contributed by atoms with Crippen molar-refractivity contribution in [3.8, 4) is 12.3 Å². The van der Waals surface area contributed by atoms with Crippen LogP contribution in [0.2, 0.25) is 0 Å². The highest BCUT2D eigenvalue weighted by Gasteiger charge is 2.36. The molecule has 0 aromatic heterocycles. The lowest BCUT2D eigenvalue weighted by molar-refractivity contribution is -0.150. The van der Waals surface area contributed by atoms with Crippen LogP contribution in [0.1, 0.15) is 30.5 Å². The molecule has 1 rings (SSSR count). The summed E-state index contributed by atoms with van der Waals surface area (Å²) in [4.78, 5) is 12.2. The van der Waals surface area contributed by atoms with E-state index in [-0.39, 0.29) is 5.97 Å². The van der Waals surface area contributed by atoms with Crippen molar-refractivity contribution in [1.82, 2.24) is 5.32 Å². The molecule has 1 aromatic carbocycles. The van der Waals surface area contributed by atoms with Crippen molar-refractivity contribution < 1.29 is 9.53 Å². The fraction of sp³-hybridized carbons (Fsp3) is 0.438. The van der Waals surface area contributed by atoms with Crippen molar-refractivity contribution in [2.45, 2.75) is 33.2 Å². The number of aryl methyl sites for hydroxylation is 2. The van der Waals surface area contributed by atoms with Crippen LogP contribution in [0.15, 0.2) is 18.2 Å². The van der Waals surface area contributed by atoms with E-state index in [1.807, 2.05) is 32.0 Å². The lowest BCUT2D eigenvalue weighted by Gasteiger charge is -2.28. The van der Waals surface area contributed by atoms with E-state index in [1.165, 1.54) is 5.56 Å². The molecule has 1 aromatic rings. The van der Waals surface area contributed by atoms with E-state index < -0.39 is 5.54 Å². The largest absolute Gasteiger partial charge is 0.464 e. The lowest BCUT2D eigenvalue weighted by atomic mass is 9.89. The third-order valence-corrected chi connectivity index (χ3v) is 3.31. The number of rotatable bonds is 5. The van der Waals surface area contributed by atoms with Crippen LogP contribution in [0.5, 0.6) is 0 Å². The minimum absolute atomic E-state index is 0.308. The first-order valence-corrected chi connectivity index (χ1v) is 6.39. The first-order chi connectivity index (χ1) is 8.95. The number of carbonyl (C=O) groups excluding carboxylic acids is 1. The van der Waals surface area contributed by atoms with Crippen molar-refractivity contribution in [2.75, 3.05) is 13.2 Å². The Kier molecular flexibility index (Phi) is 5.14. The van der Waals surface area contributed by atoms with Crippen molar-refractivity contribution in [3.63, 3.8) is 0 Å². The van der Waals surface area contributed by atoms with E-state index in [0.29, 0.717) is 13.2 Å². The van der Waals surface area contributed by atoms with Gasteiger partial charge in [-0.05, 0) is 44.4 Å². The van der Waals surface area contributed by atoms with Crippen molar-refractivity contribution in [2.24, 2.45) is 0 Å². The van der Waals surface area contributed by atoms with Crippen LogP contribution < -0.4 is 5.32 Å². The predicted octanol–water partition coefficient (Wildman–Crippen LogP) is 2.30. The van der Waals surface area contributed by atoms with E-state index in [2.05, 4.69) is 11.2 Å². The molecule has 3 nitrogen and oxygen atoms in total. The quantitative estimate of drug-likeness (QED) is 0.651. The van der Waals surface area contributed by atoms with Crippen LogP contribution in [0.3, 0.4) is 0 Å². The molecule has 0 heterocycles. The maximum absolute atomic E-state index is 12.2. The average molecular weight is 259 g/mol. The van der Waals surface area contributed by atoms with Gasteiger partial charge in [-0.25, -0.2) is 4.79 Å². The lowest BCUT2D eigenvalue weighted by Crippen LogP contribution is -2.48. The molecule has 19 heavy (non-hydrogen) atoms. The van der Waals surface area contributed by atoms with Crippen molar-refractivity contribution in [1.29, 1.82) is 0 Å². The van der Waals surface area contributed by atoms with Gasteiger partial charge in [-0.15, -0.1) is 6.42 Å². The van der Waals surface area contributed by atoms with Crippen LogP contribution >= 0.6 is 0 Å². The summed E-state index contributed by atoms with van der Waals surface area (Å²) in [5, 5.41) is 3.08. The number of terminal acetylenes is 1. The molecule has 0 aliphatic carbocycles. The van der Waals surface area contributed by atoms with E-state index in [0.717, 1.165) is 11.1 Å². The van der Waals surface area contributed by atoms with Gasteiger partial charge in [0.15, 0.2) is 0 Å². The van der Waals surface area contributed by atoms with Gasteiger partial charge >= 0.3 is 5.97 Å². The molecule has 0 saturated carbocycles. The number of esters is 1. The highest BCUT2D eigenvalue weighted by molar-refractivity contribution is 5.82. The smallest absolute Gasteiger partial charge is 0.330 e. The van der Waals surface area contributed by atoms with Gasteiger partial charge in [0.1, 0.15) is 5.54 Å². The standard InChI is InChI=1S/C16H21NO2/c1-6-10-17-16(5,15(18)19-7-2)14-9-8-12(3)13(4)11-14/h1,8-9,11,17H,7,10H2,2-5H3. The average Bonchev–Trinajstić information content (AvgIpc) is 2.39. The SMILES string of the molecule is C#CCNC(C)(C(=O)OCC)c1ccc(C)c(C)c1. The molecule has 0 bridgehead atoms. The number of benzene rings is 1. The van der Waals surface area contributed by atoms with Gasteiger partial charge in [0.05, 0.1) is 13.2 Å². The molecule has 3 heteroatoms. The van der Waals surface area contributed by atoms with Crippen LogP contribution in [0, 0.1) is 26.2 Å². The monoisotopic (exact) mass is 259 g/mol. The van der Waals surface area contributed by atoms with E-state index in [9.17, 15) is 4.79 Å². The Bertz CT molecular complexity index is 502. The highest BCUT2D eigenvalue weighted by Crippen LogP contribution is 2.24. The van der Waals surface area contributed by atoms with Gasteiger partial charge in [-0.1, -0.05) is 24.1 Å². The Labute approximate surface area is 115 Å². The minimum Gasteiger partial charge on any atom is -0.464 e. The number of hydrogen-bond donors (Lipinski definition) is 1. The van der Waals surface area contributed by atoms with Gasteiger partial charge < -0.3 is 4.74 Å². The summed E-state index contributed by atoms with van der Waals surface area (Å²) in [5.74, 6) is 2.19. The molecule has 0 radical (unpaired) electrons. The van der Waals surface area contributed by atoms with Crippen LogP contribution in [-0.4, -0.2) is 19.1 Å². The second-order valence-corrected chi connectivity index (χ2v) is 4.70. The second-order valence-electron chi connectivity index (χ2n) is 4.70. The molecule has 0 amide bonds. The predicted molar refractivity (Wildman–Crippen MR) is 76.7 cm³/mol. The summed E-state index contributed by atoms with van der Waals surface area (Å²) in [6, 6.07) is 5.93. The summed E-state index contributed by atoms with van der Waals surface area (Å²) in [5.41, 5.74) is 2.27. The van der Waals surface area contributed by atoms with E-state index >= 15 is 0 Å². The fourth-order valence-corrected chi connectivity index (χ4v) is 1.85. The molecular weight excluding hydrogens is 238 g/mol. The molecule has 0 aliphatic rings. The number of ether oxygens (including phenoxy) is 1. The molecule has 1 N–H and O–H groups in total. The third kappa shape index (κ3) is 3.36. The number of hydrogen-bond acceptors (Lipinski definition) is 3. The Morgan fingerprint density at radius 2 is 2.11 bits per heavy atom. The highest BCUT2D eigenvalue weighted by atomic mass is 16.5. The summed E-state index contributed by atoms with van der Waals surface area (Å²) in [6.07, 6.45) is 5.28. The van der Waals surface area contributed by atoms with Crippen LogP contribution in [-0.2, 0) is 15.1 Å². The van der Waals surface area contributed by atoms with Gasteiger partial charge in [0, 0.05) is 0 Å². The molecule has 0 spiro atoms. The van der Waals surface area contributed by atoms with Gasteiger partial charge in [0.2, 0.25) is 0 Å². The normalized spacial score (nSPS) is 13.4. The maximum atomic E-state index is 12.2. The molecule has 102 valence electrons. The molecule has 0 fully saturated rings. The Morgan fingerprint density at radius 1 is 1.42 bits per heavy atom. The number of nitrogens with one attached hydrogen (secondary N) is 1. The Balaban J connectivity index is 3.18. The summed E-state index contributed by atoms with van der Waals surface area (Å²) < 4.78 is 5.16. The van der Waals surface area contributed by atoms with Crippen molar-refractivity contribution in [3.05, 3.63) is 34.9 Å². The first-order valence-electron chi connectivity index (χ1n) is 6.39. The molecule has 0 saturated heterocycles. The summed E-state index contributed by atoms with van der Waals surface area (Å²) in [7, 11) is 0. The van der Waals surface area contributed by atoms with Gasteiger partial charge in [-0.2, -0.15) is 0 Å². The molecular formula is C16H21NO2. The van der Waals surface area contributed by atoms with Gasteiger partial charge in [-0.3, -0.25) is 5.32 Å². The van der Waals surface area contributed by atoms with Crippen LogP contribution in [0.25, 0.3) is 0 Å².